The van der Waals surface area contributed by atoms with Crippen LogP contribution in [0.15, 0.2) is 0 Å². The van der Waals surface area contributed by atoms with Gasteiger partial charge >= 0.3 is 5.97 Å². The molecule has 198 valence electrons. The molecule has 0 saturated heterocycles. The summed E-state index contributed by atoms with van der Waals surface area (Å²) in [5, 5.41) is 17.5. The quantitative estimate of drug-likeness (QED) is 0.167. The van der Waals surface area contributed by atoms with Gasteiger partial charge in [0.2, 0.25) is 17.7 Å². The number of carboxylic acids is 1. The fourth-order valence-corrected chi connectivity index (χ4v) is 3.56. The molecule has 10 nitrogen and oxygen atoms in total. The Morgan fingerprint density at radius 1 is 0.794 bits per heavy atom. The van der Waals surface area contributed by atoms with Gasteiger partial charge in [-0.25, -0.2) is 4.79 Å². The maximum Gasteiger partial charge on any atom is 0.326 e. The first-order chi connectivity index (χ1) is 15.8. The largest absolute Gasteiger partial charge is 0.480 e. The highest BCUT2D eigenvalue weighted by molar-refractivity contribution is 5.94. The number of carboxylic acid groups (broad SMARTS) is 1. The Morgan fingerprint density at radius 2 is 1.35 bits per heavy atom. The van der Waals surface area contributed by atoms with Crippen LogP contribution < -0.4 is 27.4 Å². The molecule has 8 N–H and O–H groups in total. The zero-order valence-corrected chi connectivity index (χ0v) is 21.7. The van der Waals surface area contributed by atoms with Crippen LogP contribution in [-0.2, 0) is 19.2 Å². The van der Waals surface area contributed by atoms with Crippen LogP contribution in [0, 0.1) is 17.8 Å². The molecule has 0 aromatic carbocycles. The van der Waals surface area contributed by atoms with Gasteiger partial charge < -0.3 is 32.5 Å². The first kappa shape index (κ1) is 31.8. The van der Waals surface area contributed by atoms with Gasteiger partial charge in [-0.15, -0.1) is 0 Å². The molecular weight excluding hydrogens is 438 g/mol. The van der Waals surface area contributed by atoms with Crippen LogP contribution in [-0.4, -0.2) is 59.5 Å². The van der Waals surface area contributed by atoms with Crippen molar-refractivity contribution in [3.05, 3.63) is 0 Å². The van der Waals surface area contributed by atoms with E-state index in [0.717, 1.165) is 0 Å². The van der Waals surface area contributed by atoms with Gasteiger partial charge in [0, 0.05) is 0 Å². The van der Waals surface area contributed by atoms with Gasteiger partial charge in [0.1, 0.15) is 18.1 Å². The van der Waals surface area contributed by atoms with E-state index in [9.17, 15) is 24.3 Å². The van der Waals surface area contributed by atoms with Crippen LogP contribution in [0.5, 0.6) is 0 Å². The second-order valence-electron chi connectivity index (χ2n) is 9.98. The molecule has 0 aromatic heterocycles. The second-order valence-corrected chi connectivity index (χ2v) is 9.98. The Hall–Kier alpha value is -2.20. The molecule has 0 radical (unpaired) electrons. The van der Waals surface area contributed by atoms with Gasteiger partial charge in [-0.05, 0) is 56.4 Å². The molecule has 0 saturated carbocycles. The van der Waals surface area contributed by atoms with Crippen molar-refractivity contribution in [2.45, 2.75) is 104 Å². The molecule has 10 heteroatoms. The summed E-state index contributed by atoms with van der Waals surface area (Å²) in [5.74, 6) is -2.51. The molecule has 0 rings (SSSR count). The van der Waals surface area contributed by atoms with E-state index in [4.69, 9.17) is 11.5 Å². The third-order valence-corrected chi connectivity index (χ3v) is 5.76. The summed E-state index contributed by atoms with van der Waals surface area (Å²) in [6.07, 6.45) is 2.90. The van der Waals surface area contributed by atoms with Crippen molar-refractivity contribution in [2.75, 3.05) is 6.54 Å². The number of amides is 3. The molecule has 0 heterocycles. The molecule has 3 amide bonds. The Kier molecular flexibility index (Phi) is 15.4. The maximum absolute atomic E-state index is 13.2. The van der Waals surface area contributed by atoms with Gasteiger partial charge in [-0.1, -0.05) is 48.0 Å². The number of hydrogen-bond acceptors (Lipinski definition) is 6. The zero-order chi connectivity index (χ0) is 26.4. The fraction of sp³-hybridized carbons (Fsp3) is 0.833. The average molecular weight is 486 g/mol. The van der Waals surface area contributed by atoms with E-state index in [1.54, 1.807) is 0 Å². The van der Waals surface area contributed by atoms with Crippen LogP contribution in [0.4, 0.5) is 0 Å². The topological polar surface area (TPSA) is 177 Å². The van der Waals surface area contributed by atoms with Crippen molar-refractivity contribution in [1.29, 1.82) is 0 Å². The SMILES string of the molecule is CCC(C)C(NC(=O)C(N)CC(C)C)C(=O)NC(CC(C)C)C(=O)NC(CCCCN)C(=O)O. The van der Waals surface area contributed by atoms with E-state index >= 15 is 0 Å². The minimum absolute atomic E-state index is 0.0627. The molecule has 0 spiro atoms. The number of nitrogens with two attached hydrogens (primary N) is 2. The second kappa shape index (κ2) is 16.4. The van der Waals surface area contributed by atoms with Gasteiger partial charge in [-0.3, -0.25) is 14.4 Å². The van der Waals surface area contributed by atoms with Gasteiger partial charge in [-0.2, -0.15) is 0 Å². The molecule has 0 fully saturated rings. The number of hydrogen-bond donors (Lipinski definition) is 6. The minimum atomic E-state index is -1.14. The highest BCUT2D eigenvalue weighted by atomic mass is 16.4. The van der Waals surface area contributed by atoms with Crippen molar-refractivity contribution in [2.24, 2.45) is 29.2 Å². The number of rotatable bonds is 17. The number of nitrogens with one attached hydrogen (secondary N) is 3. The molecule has 0 bridgehead atoms. The van der Waals surface area contributed by atoms with Gasteiger partial charge in [0.25, 0.3) is 0 Å². The number of unbranched alkanes of at least 4 members (excludes halogenated alkanes) is 1. The molecule has 0 aromatic rings. The van der Waals surface area contributed by atoms with Crippen LogP contribution >= 0.6 is 0 Å². The van der Waals surface area contributed by atoms with Crippen molar-refractivity contribution < 1.29 is 24.3 Å². The summed E-state index contributed by atoms with van der Waals surface area (Å²) >= 11 is 0. The maximum atomic E-state index is 13.2. The minimum Gasteiger partial charge on any atom is -0.480 e. The van der Waals surface area contributed by atoms with E-state index in [-0.39, 0.29) is 24.2 Å². The van der Waals surface area contributed by atoms with Crippen LogP contribution in [0.25, 0.3) is 0 Å². The average Bonchev–Trinajstić information content (AvgIpc) is 2.74. The van der Waals surface area contributed by atoms with E-state index in [0.29, 0.717) is 38.6 Å². The smallest absolute Gasteiger partial charge is 0.326 e. The van der Waals surface area contributed by atoms with Crippen LogP contribution in [0.1, 0.15) is 80.1 Å². The molecule has 0 aliphatic heterocycles. The van der Waals surface area contributed by atoms with E-state index in [2.05, 4.69) is 16.0 Å². The predicted molar refractivity (Wildman–Crippen MR) is 133 cm³/mol. The highest BCUT2D eigenvalue weighted by Crippen LogP contribution is 2.12. The third kappa shape index (κ3) is 12.3. The van der Waals surface area contributed by atoms with Gasteiger partial charge in [0.15, 0.2) is 0 Å². The summed E-state index contributed by atoms with van der Waals surface area (Å²) in [6, 6.07) is -3.60. The first-order valence-corrected chi connectivity index (χ1v) is 12.4. The summed E-state index contributed by atoms with van der Waals surface area (Å²) in [6.45, 7) is 11.9. The first-order valence-electron chi connectivity index (χ1n) is 12.4. The van der Waals surface area contributed by atoms with Crippen molar-refractivity contribution in [3.63, 3.8) is 0 Å². The Morgan fingerprint density at radius 3 is 1.82 bits per heavy atom. The van der Waals surface area contributed by atoms with E-state index in [1.807, 2.05) is 41.5 Å². The summed E-state index contributed by atoms with van der Waals surface area (Å²) in [7, 11) is 0. The third-order valence-electron chi connectivity index (χ3n) is 5.76. The Labute approximate surface area is 204 Å². The lowest BCUT2D eigenvalue weighted by atomic mass is 9.95. The molecular formula is C24H47N5O5. The molecule has 34 heavy (non-hydrogen) atoms. The van der Waals surface area contributed by atoms with Crippen LogP contribution in [0.3, 0.4) is 0 Å². The lowest BCUT2D eigenvalue weighted by Crippen LogP contribution is -2.58. The lowest BCUT2D eigenvalue weighted by Gasteiger charge is -2.28. The molecule has 0 aliphatic rings. The Balaban J connectivity index is 5.49. The molecule has 5 atom stereocenters. The number of carbonyl (C=O) groups is 4. The molecule has 0 aliphatic carbocycles. The Bertz CT molecular complexity index is 656. The monoisotopic (exact) mass is 485 g/mol. The van der Waals surface area contributed by atoms with Gasteiger partial charge in [0.05, 0.1) is 6.04 Å². The normalized spacial score (nSPS) is 15.8. The van der Waals surface area contributed by atoms with E-state index < -0.39 is 47.9 Å². The standard InChI is InChI=1S/C24H47N5O5/c1-7-16(6)20(29-21(30)17(26)12-14(2)3)23(32)28-19(13-15(4)5)22(31)27-18(24(33)34)10-8-9-11-25/h14-20H,7-13,25-26H2,1-6H3,(H,27,31)(H,28,32)(H,29,30)(H,33,34). The summed E-state index contributed by atoms with van der Waals surface area (Å²) in [5.41, 5.74) is 11.5. The summed E-state index contributed by atoms with van der Waals surface area (Å²) < 4.78 is 0. The lowest BCUT2D eigenvalue weighted by molar-refractivity contribution is -0.142. The van der Waals surface area contributed by atoms with Crippen molar-refractivity contribution in [1.82, 2.24) is 16.0 Å². The van der Waals surface area contributed by atoms with Crippen LogP contribution in [0.2, 0.25) is 0 Å². The van der Waals surface area contributed by atoms with Crippen molar-refractivity contribution in [3.8, 4) is 0 Å². The molecule has 5 unspecified atom stereocenters. The fourth-order valence-electron chi connectivity index (χ4n) is 3.56. The van der Waals surface area contributed by atoms with Crippen molar-refractivity contribution >= 4 is 23.7 Å². The summed E-state index contributed by atoms with van der Waals surface area (Å²) in [4.78, 5) is 50.3. The predicted octanol–water partition coefficient (Wildman–Crippen LogP) is 1.12. The zero-order valence-electron chi connectivity index (χ0n) is 21.7. The number of aliphatic carboxylic acids is 1. The highest BCUT2D eigenvalue weighted by Gasteiger charge is 2.32. The van der Waals surface area contributed by atoms with E-state index in [1.165, 1.54) is 0 Å². The number of carbonyl (C=O) groups excluding carboxylic acids is 3.